The fourth-order valence-electron chi connectivity index (χ4n) is 2.55. The molecule has 3 rings (SSSR count). The van der Waals surface area contributed by atoms with Gasteiger partial charge < -0.3 is 20.5 Å². The van der Waals surface area contributed by atoms with Crippen LogP contribution in [0, 0.1) is 0 Å². The van der Waals surface area contributed by atoms with Crippen LogP contribution < -0.4 is 15.4 Å². The number of rotatable bonds is 6. The van der Waals surface area contributed by atoms with Gasteiger partial charge in [0.2, 0.25) is 0 Å². The molecule has 0 saturated heterocycles. The van der Waals surface area contributed by atoms with Crippen molar-refractivity contribution in [3.8, 4) is 5.75 Å². The Labute approximate surface area is 156 Å². The summed E-state index contributed by atoms with van der Waals surface area (Å²) in [7, 11) is -3.50. The van der Waals surface area contributed by atoms with Crippen LogP contribution in [0.5, 0.6) is 5.75 Å². The van der Waals surface area contributed by atoms with E-state index in [9.17, 15) is 18.0 Å². The Hall–Kier alpha value is -2.91. The van der Waals surface area contributed by atoms with E-state index in [1.807, 2.05) is 0 Å². The maximum absolute atomic E-state index is 12.3. The molecule has 0 aromatic heterocycles. The van der Waals surface area contributed by atoms with Gasteiger partial charge in [0.15, 0.2) is 16.4 Å². The molecule has 0 spiro atoms. The number of carbonyl (C=O) groups is 2. The normalized spacial score (nSPS) is 13.3. The number of benzene rings is 2. The largest absolute Gasteiger partial charge is 0.482 e. The third kappa shape index (κ3) is 4.44. The van der Waals surface area contributed by atoms with Crippen molar-refractivity contribution in [3.05, 3.63) is 53.6 Å². The predicted molar refractivity (Wildman–Crippen MR) is 97.3 cm³/mol. The van der Waals surface area contributed by atoms with Crippen LogP contribution in [0.3, 0.4) is 0 Å². The summed E-state index contributed by atoms with van der Waals surface area (Å²) < 4.78 is 29.0. The number of aliphatic hydroxyl groups is 1. The van der Waals surface area contributed by atoms with E-state index >= 15 is 0 Å². The molecule has 0 unspecified atom stereocenters. The zero-order chi connectivity index (χ0) is 19.4. The maximum Gasteiger partial charge on any atom is 0.262 e. The molecule has 2 aromatic rings. The summed E-state index contributed by atoms with van der Waals surface area (Å²) >= 11 is 0. The number of nitrogens with one attached hydrogen (secondary N) is 2. The van der Waals surface area contributed by atoms with E-state index in [0.717, 1.165) is 5.56 Å². The summed E-state index contributed by atoms with van der Waals surface area (Å²) in [6.45, 7) is -0.314. The smallest absolute Gasteiger partial charge is 0.262 e. The van der Waals surface area contributed by atoms with Crippen LogP contribution in [0.2, 0.25) is 0 Å². The van der Waals surface area contributed by atoms with Crippen molar-refractivity contribution in [1.29, 1.82) is 0 Å². The Morgan fingerprint density at radius 1 is 1.19 bits per heavy atom. The van der Waals surface area contributed by atoms with Crippen LogP contribution in [0.4, 0.5) is 5.69 Å². The van der Waals surface area contributed by atoms with E-state index < -0.39 is 16.4 Å². The highest BCUT2D eigenvalue weighted by Gasteiger charge is 2.18. The third-order valence-electron chi connectivity index (χ3n) is 3.97. The molecule has 2 amide bonds. The number of aliphatic hydroxyl groups excluding tert-OH is 1. The van der Waals surface area contributed by atoms with E-state index in [1.54, 1.807) is 30.3 Å². The Morgan fingerprint density at radius 3 is 2.63 bits per heavy atom. The second-order valence-corrected chi connectivity index (χ2v) is 8.03. The molecule has 27 heavy (non-hydrogen) atoms. The van der Waals surface area contributed by atoms with Gasteiger partial charge in [0.25, 0.3) is 11.8 Å². The van der Waals surface area contributed by atoms with Crippen molar-refractivity contribution in [2.75, 3.05) is 24.3 Å². The number of carbonyl (C=O) groups excluding carboxylic acids is 2. The van der Waals surface area contributed by atoms with Crippen molar-refractivity contribution in [2.45, 2.75) is 11.4 Å². The molecule has 0 radical (unpaired) electrons. The fourth-order valence-corrected chi connectivity index (χ4v) is 3.58. The van der Waals surface area contributed by atoms with Crippen LogP contribution in [0.1, 0.15) is 15.9 Å². The molecule has 1 aliphatic heterocycles. The van der Waals surface area contributed by atoms with E-state index in [0.29, 0.717) is 17.0 Å². The lowest BCUT2D eigenvalue weighted by atomic mass is 10.1. The molecule has 0 saturated carbocycles. The van der Waals surface area contributed by atoms with E-state index in [4.69, 9.17) is 9.84 Å². The third-order valence-corrected chi connectivity index (χ3v) is 5.68. The number of amides is 2. The molecular formula is C18H18N2O6S. The molecule has 9 heteroatoms. The van der Waals surface area contributed by atoms with Gasteiger partial charge in [0, 0.05) is 12.1 Å². The number of fused-ring (bicyclic) bond motifs is 1. The van der Waals surface area contributed by atoms with Gasteiger partial charge in [-0.05, 0) is 35.9 Å². The average Bonchev–Trinajstić information content (AvgIpc) is 2.66. The quantitative estimate of drug-likeness (QED) is 0.668. The Kier molecular flexibility index (Phi) is 5.43. The molecule has 0 fully saturated rings. The van der Waals surface area contributed by atoms with E-state index in [2.05, 4.69) is 10.6 Å². The summed E-state index contributed by atoms with van der Waals surface area (Å²) in [6, 6.07) is 10.8. The first kappa shape index (κ1) is 18.9. The molecule has 0 aliphatic carbocycles. The minimum atomic E-state index is -3.50. The predicted octanol–water partition coefficient (Wildman–Crippen LogP) is 0.713. The SMILES string of the molecule is O=C1COc2cc(C(=O)NCc3ccc(S(=O)(=O)CCO)cc3)ccc2N1. The highest BCUT2D eigenvalue weighted by Crippen LogP contribution is 2.28. The van der Waals surface area contributed by atoms with Gasteiger partial charge in [0.05, 0.1) is 22.9 Å². The zero-order valence-corrected chi connectivity index (χ0v) is 15.1. The Bertz CT molecular complexity index is 970. The van der Waals surface area contributed by atoms with Crippen LogP contribution >= 0.6 is 0 Å². The van der Waals surface area contributed by atoms with Crippen molar-refractivity contribution < 1.29 is 27.9 Å². The summed E-state index contributed by atoms with van der Waals surface area (Å²) in [5, 5.41) is 14.2. The minimum absolute atomic E-state index is 0.0936. The van der Waals surface area contributed by atoms with Gasteiger partial charge in [-0.1, -0.05) is 12.1 Å². The van der Waals surface area contributed by atoms with Crippen molar-refractivity contribution in [2.24, 2.45) is 0 Å². The molecule has 1 aliphatic rings. The van der Waals surface area contributed by atoms with Crippen LogP contribution in [-0.2, 0) is 21.2 Å². The summed E-state index contributed by atoms with van der Waals surface area (Å²) in [5.74, 6) is -0.468. The Morgan fingerprint density at radius 2 is 1.93 bits per heavy atom. The summed E-state index contributed by atoms with van der Waals surface area (Å²) in [5.41, 5.74) is 1.63. The highest BCUT2D eigenvalue weighted by molar-refractivity contribution is 7.91. The van der Waals surface area contributed by atoms with Gasteiger partial charge in [0.1, 0.15) is 5.75 Å². The molecule has 0 bridgehead atoms. The first-order chi connectivity index (χ1) is 12.9. The van der Waals surface area contributed by atoms with Gasteiger partial charge >= 0.3 is 0 Å². The van der Waals surface area contributed by atoms with Crippen molar-refractivity contribution in [1.82, 2.24) is 5.32 Å². The summed E-state index contributed by atoms with van der Waals surface area (Å²) in [6.07, 6.45) is 0. The highest BCUT2D eigenvalue weighted by atomic mass is 32.2. The van der Waals surface area contributed by atoms with Crippen LogP contribution in [0.15, 0.2) is 47.4 Å². The topological polar surface area (TPSA) is 122 Å². The summed E-state index contributed by atoms with van der Waals surface area (Å²) in [4.78, 5) is 23.7. The van der Waals surface area contributed by atoms with E-state index in [-0.39, 0.29) is 35.6 Å². The molecule has 8 nitrogen and oxygen atoms in total. The van der Waals surface area contributed by atoms with Crippen molar-refractivity contribution in [3.63, 3.8) is 0 Å². The second kappa shape index (κ2) is 7.77. The first-order valence-electron chi connectivity index (χ1n) is 8.16. The number of anilines is 1. The number of hydrogen-bond donors (Lipinski definition) is 3. The monoisotopic (exact) mass is 390 g/mol. The van der Waals surface area contributed by atoms with Crippen LogP contribution in [0.25, 0.3) is 0 Å². The number of ether oxygens (including phenoxy) is 1. The lowest BCUT2D eigenvalue weighted by molar-refractivity contribution is -0.118. The molecule has 2 aromatic carbocycles. The molecule has 142 valence electrons. The lowest BCUT2D eigenvalue weighted by Gasteiger charge is -2.18. The fraction of sp³-hybridized carbons (Fsp3) is 0.222. The standard InChI is InChI=1S/C18H18N2O6S/c21-7-8-27(24,25)14-4-1-12(2-5-14)10-19-18(23)13-3-6-15-16(9-13)26-11-17(22)20-15/h1-6,9,21H,7-8,10-11H2,(H,19,23)(H,20,22). The molecule has 1 heterocycles. The Balaban J connectivity index is 1.63. The number of sulfone groups is 1. The van der Waals surface area contributed by atoms with Crippen LogP contribution in [-0.4, -0.2) is 44.3 Å². The number of hydrogen-bond acceptors (Lipinski definition) is 6. The first-order valence-corrected chi connectivity index (χ1v) is 9.82. The van der Waals surface area contributed by atoms with Gasteiger partial charge in [-0.3, -0.25) is 9.59 Å². The van der Waals surface area contributed by atoms with Gasteiger partial charge in [-0.15, -0.1) is 0 Å². The molecule has 3 N–H and O–H groups in total. The van der Waals surface area contributed by atoms with E-state index in [1.165, 1.54) is 12.1 Å². The second-order valence-electron chi connectivity index (χ2n) is 5.92. The van der Waals surface area contributed by atoms with Gasteiger partial charge in [-0.25, -0.2) is 8.42 Å². The lowest BCUT2D eigenvalue weighted by Crippen LogP contribution is -2.26. The van der Waals surface area contributed by atoms with Crippen molar-refractivity contribution >= 4 is 27.3 Å². The minimum Gasteiger partial charge on any atom is -0.482 e. The molecule has 0 atom stereocenters. The zero-order valence-electron chi connectivity index (χ0n) is 14.3. The molecular weight excluding hydrogens is 372 g/mol. The van der Waals surface area contributed by atoms with Gasteiger partial charge in [-0.2, -0.15) is 0 Å². The maximum atomic E-state index is 12.3. The average molecular weight is 390 g/mol.